The molecule has 1 aliphatic carbocycles. The summed E-state index contributed by atoms with van der Waals surface area (Å²) in [6, 6.07) is 17.7. The molecule has 0 bridgehead atoms. The fourth-order valence-corrected chi connectivity index (χ4v) is 5.76. The van der Waals surface area contributed by atoms with Gasteiger partial charge in [-0.3, -0.25) is 4.79 Å². The minimum absolute atomic E-state index is 0.153. The number of rotatable bonds is 2. The first kappa shape index (κ1) is 24.0. The van der Waals surface area contributed by atoms with Gasteiger partial charge in [0, 0.05) is 4.90 Å². The number of benzene rings is 3. The summed E-state index contributed by atoms with van der Waals surface area (Å²) in [5, 5.41) is 0. The second kappa shape index (κ2) is 11.8. The number of hydrogen-bond donors (Lipinski definition) is 0. The van der Waals surface area contributed by atoms with Crippen LogP contribution in [0.4, 0.5) is 0 Å². The summed E-state index contributed by atoms with van der Waals surface area (Å²) < 4.78 is 29.8. The van der Waals surface area contributed by atoms with Crippen molar-refractivity contribution in [2.24, 2.45) is 0 Å². The second-order valence-electron chi connectivity index (χ2n) is 7.62. The monoisotopic (exact) mass is 511 g/mol. The molecule has 0 radical (unpaired) electrons. The van der Waals surface area contributed by atoms with Gasteiger partial charge in [0.1, 0.15) is 18.9 Å². The molecule has 2 aromatic rings. The standard InChI is InChI=1S/C26H25NO6S2/c28-22-24-23(32-16-14-30-12-10-29-11-13-31-15-17-33-24)21-25(26(22)34-18-6-2-1-3-7-18)35-20-9-5-4-8-19(20)27-21/h1-9H,10-17H2. The van der Waals surface area contributed by atoms with Crippen molar-refractivity contribution in [2.45, 2.75) is 9.79 Å². The fourth-order valence-electron chi connectivity index (χ4n) is 3.60. The van der Waals surface area contributed by atoms with E-state index in [1.54, 1.807) is 0 Å². The smallest absolute Gasteiger partial charge is 0.239 e. The molecule has 0 amide bonds. The van der Waals surface area contributed by atoms with Gasteiger partial charge in [-0.25, -0.2) is 4.98 Å². The van der Waals surface area contributed by atoms with Gasteiger partial charge in [0.2, 0.25) is 11.2 Å². The molecule has 2 heterocycles. The van der Waals surface area contributed by atoms with Crippen LogP contribution in [0.25, 0.3) is 20.8 Å². The SMILES string of the molecule is O=c1c2c(c3nc4ccccc4sc-3c1Sc1ccccc1)OCCOCCOCCOCCO2. The number of fused-ring (bicyclic) bond motifs is 4. The summed E-state index contributed by atoms with van der Waals surface area (Å²) in [5.74, 6) is 0.500. The van der Waals surface area contributed by atoms with Crippen molar-refractivity contribution < 1.29 is 23.7 Å². The highest BCUT2D eigenvalue weighted by Crippen LogP contribution is 2.46. The van der Waals surface area contributed by atoms with E-state index in [1.165, 1.54) is 23.1 Å². The maximum atomic E-state index is 13.8. The summed E-state index contributed by atoms with van der Waals surface area (Å²) in [5.41, 5.74) is 1.22. The van der Waals surface area contributed by atoms with Gasteiger partial charge in [-0.2, -0.15) is 0 Å². The Hall–Kier alpha value is -2.69. The summed E-state index contributed by atoms with van der Waals surface area (Å²) in [7, 11) is 0. The van der Waals surface area contributed by atoms with Crippen LogP contribution in [-0.4, -0.2) is 57.8 Å². The normalized spacial score (nSPS) is 16.0. The minimum atomic E-state index is -0.219. The van der Waals surface area contributed by atoms with Crippen LogP contribution in [-0.2, 0) is 14.2 Å². The molecule has 0 aromatic heterocycles. The van der Waals surface area contributed by atoms with Crippen LogP contribution in [0.5, 0.6) is 11.5 Å². The molecule has 0 N–H and O–H groups in total. The number of nitrogens with zero attached hydrogens (tertiary/aromatic N) is 1. The zero-order valence-corrected chi connectivity index (χ0v) is 20.7. The molecule has 0 atom stereocenters. The van der Waals surface area contributed by atoms with Crippen LogP contribution in [0.3, 0.4) is 0 Å². The van der Waals surface area contributed by atoms with Gasteiger partial charge in [0.15, 0.2) is 5.75 Å². The quantitative estimate of drug-likeness (QED) is 0.358. The third-order valence-electron chi connectivity index (χ3n) is 5.22. The maximum Gasteiger partial charge on any atom is 0.239 e. The van der Waals surface area contributed by atoms with E-state index in [1.807, 2.05) is 54.6 Å². The molecule has 2 aromatic carbocycles. The largest absolute Gasteiger partial charge is 0.485 e. The minimum Gasteiger partial charge on any atom is -0.485 e. The highest BCUT2D eigenvalue weighted by molar-refractivity contribution is 7.99. The van der Waals surface area contributed by atoms with E-state index in [-0.39, 0.29) is 24.4 Å². The van der Waals surface area contributed by atoms with Crippen LogP contribution < -0.4 is 14.9 Å². The Morgan fingerprint density at radius 1 is 0.714 bits per heavy atom. The Morgan fingerprint density at radius 3 is 2.03 bits per heavy atom. The Kier molecular flexibility index (Phi) is 8.12. The number of ether oxygens (including phenoxy) is 5. The van der Waals surface area contributed by atoms with Crippen molar-refractivity contribution >= 4 is 33.3 Å². The average molecular weight is 512 g/mol. The summed E-state index contributed by atoms with van der Waals surface area (Å²) in [6.07, 6.45) is 0. The molecule has 0 fully saturated rings. The lowest BCUT2D eigenvalue weighted by atomic mass is 10.2. The van der Waals surface area contributed by atoms with Gasteiger partial charge >= 0.3 is 0 Å². The molecule has 0 saturated heterocycles. The zero-order valence-electron chi connectivity index (χ0n) is 19.1. The van der Waals surface area contributed by atoms with E-state index in [4.69, 9.17) is 28.7 Å². The van der Waals surface area contributed by atoms with Gasteiger partial charge in [-0.1, -0.05) is 42.1 Å². The van der Waals surface area contributed by atoms with Crippen molar-refractivity contribution in [1.29, 1.82) is 0 Å². The molecule has 7 nitrogen and oxygen atoms in total. The fraction of sp³-hybridized carbons (Fsp3) is 0.308. The van der Waals surface area contributed by atoms with E-state index in [0.717, 1.165) is 20.0 Å². The van der Waals surface area contributed by atoms with Gasteiger partial charge in [-0.15, -0.1) is 11.3 Å². The highest BCUT2D eigenvalue weighted by Gasteiger charge is 2.28. The number of hydrogen-bond acceptors (Lipinski definition) is 9. The molecule has 3 aliphatic rings. The zero-order chi connectivity index (χ0) is 23.9. The van der Waals surface area contributed by atoms with Crippen LogP contribution in [0.2, 0.25) is 0 Å². The van der Waals surface area contributed by atoms with Crippen LogP contribution >= 0.6 is 23.1 Å². The third-order valence-corrected chi connectivity index (χ3v) is 7.62. The summed E-state index contributed by atoms with van der Waals surface area (Å²) in [6.45, 7) is 3.00. The first-order chi connectivity index (χ1) is 17.3. The van der Waals surface area contributed by atoms with Crippen LogP contribution in [0, 0.1) is 0 Å². The molecule has 0 saturated carbocycles. The molecule has 2 aliphatic heterocycles. The van der Waals surface area contributed by atoms with Gasteiger partial charge in [-0.05, 0) is 24.3 Å². The lowest BCUT2D eigenvalue weighted by Gasteiger charge is -2.19. The summed E-state index contributed by atoms with van der Waals surface area (Å²) in [4.78, 5) is 21.0. The molecular weight excluding hydrogens is 486 g/mol. The van der Waals surface area contributed by atoms with E-state index in [2.05, 4.69) is 0 Å². The Morgan fingerprint density at radius 2 is 1.31 bits per heavy atom. The predicted octanol–water partition coefficient (Wildman–Crippen LogP) is 4.73. The van der Waals surface area contributed by atoms with Crippen LogP contribution in [0.1, 0.15) is 0 Å². The molecular formula is C26H25NO6S2. The number of aromatic nitrogens is 1. The Labute approximate surface area is 211 Å². The molecule has 9 heteroatoms. The Balaban J connectivity index is 1.63. The molecule has 5 rings (SSSR count). The molecule has 0 unspecified atom stereocenters. The highest BCUT2D eigenvalue weighted by atomic mass is 32.2. The van der Waals surface area contributed by atoms with Crippen molar-refractivity contribution in [2.75, 3.05) is 52.9 Å². The van der Waals surface area contributed by atoms with Crippen molar-refractivity contribution in [3.63, 3.8) is 0 Å². The van der Waals surface area contributed by atoms with Gasteiger partial charge < -0.3 is 23.7 Å². The van der Waals surface area contributed by atoms with E-state index < -0.39 is 0 Å². The average Bonchev–Trinajstić information content (AvgIpc) is 2.90. The van der Waals surface area contributed by atoms with Gasteiger partial charge in [0.25, 0.3) is 0 Å². The second-order valence-corrected chi connectivity index (χ2v) is 9.76. The Bertz CT molecular complexity index is 1300. The van der Waals surface area contributed by atoms with Gasteiger partial charge in [0.05, 0.1) is 59.6 Å². The van der Waals surface area contributed by atoms with Crippen molar-refractivity contribution in [3.8, 4) is 22.1 Å². The first-order valence-electron chi connectivity index (χ1n) is 11.4. The molecule has 182 valence electrons. The van der Waals surface area contributed by atoms with Crippen LogP contribution in [0.15, 0.2) is 69.2 Å². The van der Waals surface area contributed by atoms with Crippen molar-refractivity contribution in [1.82, 2.24) is 4.98 Å². The topological polar surface area (TPSA) is 76.1 Å². The maximum absolute atomic E-state index is 13.8. The third kappa shape index (κ3) is 5.76. The predicted molar refractivity (Wildman–Crippen MR) is 137 cm³/mol. The first-order valence-corrected chi connectivity index (χ1v) is 13.1. The molecule has 35 heavy (non-hydrogen) atoms. The van der Waals surface area contributed by atoms with E-state index in [9.17, 15) is 4.79 Å². The molecule has 0 spiro atoms. The van der Waals surface area contributed by atoms with E-state index >= 15 is 0 Å². The van der Waals surface area contributed by atoms with Crippen molar-refractivity contribution in [3.05, 3.63) is 64.8 Å². The lowest BCUT2D eigenvalue weighted by molar-refractivity contribution is 0.00706. The lowest BCUT2D eigenvalue weighted by Crippen LogP contribution is -2.19. The summed E-state index contributed by atoms with van der Waals surface area (Å²) >= 11 is 2.94. The number of para-hydroxylation sites is 1. The van der Waals surface area contributed by atoms with E-state index in [0.29, 0.717) is 56.0 Å².